The van der Waals surface area contributed by atoms with Crippen LogP contribution in [0.3, 0.4) is 0 Å². The van der Waals surface area contributed by atoms with Gasteiger partial charge < -0.3 is 11.5 Å². The molecule has 0 aliphatic carbocycles. The fourth-order valence-corrected chi connectivity index (χ4v) is 7.46. The minimum atomic E-state index is -0.160. The van der Waals surface area contributed by atoms with Crippen LogP contribution >= 0.6 is 0 Å². The van der Waals surface area contributed by atoms with Gasteiger partial charge in [0.25, 0.3) is 0 Å². The summed E-state index contributed by atoms with van der Waals surface area (Å²) in [5.41, 5.74) is 13.4. The predicted molar refractivity (Wildman–Crippen MR) is 152 cm³/mol. The van der Waals surface area contributed by atoms with Crippen molar-refractivity contribution in [1.82, 2.24) is 10.1 Å². The Morgan fingerprint density at radius 2 is 0.944 bits per heavy atom. The molecule has 2 heterocycles. The van der Waals surface area contributed by atoms with E-state index < -0.39 is 0 Å². The zero-order chi connectivity index (χ0) is 27.4. The molecule has 4 unspecified atom stereocenters. The van der Waals surface area contributed by atoms with Crippen LogP contribution in [0.25, 0.3) is 0 Å². The third-order valence-electron chi connectivity index (χ3n) is 9.07. The van der Waals surface area contributed by atoms with Crippen molar-refractivity contribution in [2.45, 2.75) is 168 Å². The Morgan fingerprint density at radius 3 is 1.25 bits per heavy atom. The molecule has 2 aliphatic rings. The second kappa shape index (κ2) is 12.7. The standard InChI is InChI=1S/C30H62N4O2/c1-11-19-35-33-27(3,4)21-23(25(31)29(33,7)8)17-15-13-14-16-18-24-22-28(5,6)34(36-20-12-2)30(9,10)26(24)32/h23-26H,11-22,31-32H2,1-10H3. The average Bonchev–Trinajstić information content (AvgIpc) is 2.76. The molecule has 6 nitrogen and oxygen atoms in total. The molecule has 0 amide bonds. The maximum Gasteiger partial charge on any atom is 0.0683 e. The van der Waals surface area contributed by atoms with Gasteiger partial charge in [0, 0.05) is 23.2 Å². The van der Waals surface area contributed by atoms with Crippen LogP contribution in [-0.2, 0) is 9.68 Å². The molecule has 2 fully saturated rings. The molecule has 0 aromatic rings. The largest absolute Gasteiger partial charge is 0.326 e. The summed E-state index contributed by atoms with van der Waals surface area (Å²) in [6.45, 7) is 24.1. The molecule has 214 valence electrons. The Kier molecular flexibility index (Phi) is 11.3. The highest BCUT2D eigenvalue weighted by Crippen LogP contribution is 2.44. The summed E-state index contributed by atoms with van der Waals surface area (Å²) in [7, 11) is 0. The Balaban J connectivity index is 1.82. The molecular weight excluding hydrogens is 448 g/mol. The number of hydrogen-bond donors (Lipinski definition) is 2. The van der Waals surface area contributed by atoms with E-state index in [1.165, 1.54) is 38.5 Å². The van der Waals surface area contributed by atoms with E-state index in [0.717, 1.165) is 38.9 Å². The first-order valence-corrected chi connectivity index (χ1v) is 15.0. The number of rotatable bonds is 13. The molecule has 0 spiro atoms. The van der Waals surface area contributed by atoms with Crippen LogP contribution in [0.15, 0.2) is 0 Å². The van der Waals surface area contributed by atoms with E-state index in [-0.39, 0.29) is 34.2 Å². The van der Waals surface area contributed by atoms with Crippen LogP contribution in [0.4, 0.5) is 0 Å². The van der Waals surface area contributed by atoms with Gasteiger partial charge in [-0.2, -0.15) is 10.1 Å². The molecule has 0 radical (unpaired) electrons. The van der Waals surface area contributed by atoms with Gasteiger partial charge in [-0.05, 0) is 106 Å². The van der Waals surface area contributed by atoms with Crippen molar-refractivity contribution in [2.75, 3.05) is 13.2 Å². The lowest BCUT2D eigenvalue weighted by atomic mass is 9.70. The summed E-state index contributed by atoms with van der Waals surface area (Å²) in [5, 5.41) is 4.41. The topological polar surface area (TPSA) is 77.0 Å². The Hall–Kier alpha value is -0.240. The molecule has 0 bridgehead atoms. The zero-order valence-corrected chi connectivity index (χ0v) is 25.7. The third-order valence-corrected chi connectivity index (χ3v) is 9.07. The lowest BCUT2D eigenvalue weighted by Gasteiger charge is -2.57. The average molecular weight is 511 g/mol. The van der Waals surface area contributed by atoms with Gasteiger partial charge in [-0.1, -0.05) is 39.5 Å². The lowest BCUT2D eigenvalue weighted by molar-refractivity contribution is -0.292. The third kappa shape index (κ3) is 7.24. The number of nitrogens with two attached hydrogens (primary N) is 2. The number of hydrogen-bond acceptors (Lipinski definition) is 6. The first-order chi connectivity index (χ1) is 16.6. The van der Waals surface area contributed by atoms with Gasteiger partial charge in [-0.25, -0.2) is 0 Å². The summed E-state index contributed by atoms with van der Waals surface area (Å²) >= 11 is 0. The fourth-order valence-electron chi connectivity index (χ4n) is 7.46. The van der Waals surface area contributed by atoms with E-state index in [4.69, 9.17) is 21.1 Å². The SMILES string of the molecule is CCCON1C(C)(C)CC(CCCCCCC2CC(C)(C)N(OCCC)C(C)(C)C2N)C(N)C1(C)C. The highest BCUT2D eigenvalue weighted by atomic mass is 16.7. The Bertz CT molecular complexity index is 607. The first kappa shape index (κ1) is 32.0. The van der Waals surface area contributed by atoms with E-state index in [2.05, 4.69) is 79.4 Å². The highest BCUT2D eigenvalue weighted by Gasteiger charge is 2.52. The minimum absolute atomic E-state index is 0.00462. The maximum atomic E-state index is 6.84. The van der Waals surface area contributed by atoms with Gasteiger partial charge in [0.05, 0.1) is 24.3 Å². The van der Waals surface area contributed by atoms with Crippen molar-refractivity contribution in [3.8, 4) is 0 Å². The van der Waals surface area contributed by atoms with Crippen LogP contribution in [0, 0.1) is 11.8 Å². The van der Waals surface area contributed by atoms with Crippen molar-refractivity contribution < 1.29 is 9.68 Å². The van der Waals surface area contributed by atoms with Crippen LogP contribution in [0.1, 0.15) is 133 Å². The second-order valence-corrected chi connectivity index (χ2v) is 14.2. The van der Waals surface area contributed by atoms with Gasteiger partial charge in [0.15, 0.2) is 0 Å². The van der Waals surface area contributed by atoms with Gasteiger partial charge in [-0.3, -0.25) is 9.68 Å². The minimum Gasteiger partial charge on any atom is -0.326 e. The quantitative estimate of drug-likeness (QED) is 0.278. The Labute approximate surface area is 224 Å². The van der Waals surface area contributed by atoms with Gasteiger partial charge in [0.2, 0.25) is 0 Å². The van der Waals surface area contributed by atoms with Crippen molar-refractivity contribution in [3.05, 3.63) is 0 Å². The first-order valence-electron chi connectivity index (χ1n) is 15.0. The molecule has 0 saturated carbocycles. The molecule has 2 saturated heterocycles. The summed E-state index contributed by atoms with van der Waals surface area (Å²) < 4.78 is 0. The number of nitrogens with zero attached hydrogens (tertiary/aromatic N) is 2. The Morgan fingerprint density at radius 1 is 0.611 bits per heavy atom. The van der Waals surface area contributed by atoms with Crippen molar-refractivity contribution in [3.63, 3.8) is 0 Å². The second-order valence-electron chi connectivity index (χ2n) is 14.2. The molecule has 4 atom stereocenters. The van der Waals surface area contributed by atoms with Crippen molar-refractivity contribution in [1.29, 1.82) is 0 Å². The van der Waals surface area contributed by atoms with Gasteiger partial charge >= 0.3 is 0 Å². The van der Waals surface area contributed by atoms with Crippen LogP contribution in [0.5, 0.6) is 0 Å². The number of unbranched alkanes of at least 4 members (excludes halogenated alkanes) is 3. The summed E-state index contributed by atoms with van der Waals surface area (Å²) in [5.74, 6) is 1.08. The van der Waals surface area contributed by atoms with E-state index in [0.29, 0.717) is 11.8 Å². The molecule has 0 aromatic carbocycles. The molecule has 2 rings (SSSR count). The van der Waals surface area contributed by atoms with E-state index >= 15 is 0 Å². The maximum absolute atomic E-state index is 6.84. The van der Waals surface area contributed by atoms with E-state index in [1.54, 1.807) is 0 Å². The molecule has 2 aliphatic heterocycles. The smallest absolute Gasteiger partial charge is 0.0683 e. The molecule has 4 N–H and O–H groups in total. The summed E-state index contributed by atoms with van der Waals surface area (Å²) in [6, 6.07) is 0.259. The summed E-state index contributed by atoms with van der Waals surface area (Å²) in [4.78, 5) is 12.4. The molecule has 6 heteroatoms. The van der Waals surface area contributed by atoms with E-state index in [9.17, 15) is 0 Å². The van der Waals surface area contributed by atoms with Crippen LogP contribution < -0.4 is 11.5 Å². The highest BCUT2D eigenvalue weighted by molar-refractivity contribution is 5.05. The van der Waals surface area contributed by atoms with Crippen LogP contribution in [-0.4, -0.2) is 57.6 Å². The van der Waals surface area contributed by atoms with Gasteiger partial charge in [-0.15, -0.1) is 0 Å². The predicted octanol–water partition coefficient (Wildman–Crippen LogP) is 6.42. The molecular formula is C30H62N4O2. The fraction of sp³-hybridized carbons (Fsp3) is 1.00. The zero-order valence-electron chi connectivity index (χ0n) is 25.7. The lowest BCUT2D eigenvalue weighted by Crippen LogP contribution is -2.69. The monoisotopic (exact) mass is 510 g/mol. The summed E-state index contributed by atoms with van der Waals surface area (Å²) in [6.07, 6.45) is 11.7. The van der Waals surface area contributed by atoms with E-state index in [1.807, 2.05) is 0 Å². The number of piperidine rings is 2. The number of hydroxylamine groups is 4. The molecule has 0 aromatic heterocycles. The van der Waals surface area contributed by atoms with Gasteiger partial charge in [0.1, 0.15) is 0 Å². The van der Waals surface area contributed by atoms with Crippen LogP contribution in [0.2, 0.25) is 0 Å². The van der Waals surface area contributed by atoms with Crippen molar-refractivity contribution >= 4 is 0 Å². The van der Waals surface area contributed by atoms with Crippen molar-refractivity contribution in [2.24, 2.45) is 23.3 Å². The normalized spacial score (nSPS) is 32.0. The molecule has 36 heavy (non-hydrogen) atoms.